The summed E-state index contributed by atoms with van der Waals surface area (Å²) in [6.07, 6.45) is 0.825. The third-order valence-corrected chi connectivity index (χ3v) is 2.53. The quantitative estimate of drug-likeness (QED) is 0.610. The van der Waals surface area contributed by atoms with E-state index < -0.39 is 5.97 Å². The van der Waals surface area contributed by atoms with Gasteiger partial charge >= 0.3 is 5.97 Å². The number of esters is 1. The van der Waals surface area contributed by atoms with Crippen LogP contribution in [0.25, 0.3) is 0 Å². The molecule has 1 aromatic rings. The minimum absolute atomic E-state index is 0.0676. The summed E-state index contributed by atoms with van der Waals surface area (Å²) in [4.78, 5) is 23.1. The molecule has 1 rings (SSSR count). The van der Waals surface area contributed by atoms with E-state index in [1.54, 1.807) is 24.3 Å². The van der Waals surface area contributed by atoms with E-state index in [1.165, 1.54) is 0 Å². The summed E-state index contributed by atoms with van der Waals surface area (Å²) in [7, 11) is 0. The van der Waals surface area contributed by atoms with Crippen molar-refractivity contribution in [3.8, 4) is 0 Å². The maximum absolute atomic E-state index is 11.6. The molecule has 18 heavy (non-hydrogen) atoms. The van der Waals surface area contributed by atoms with Crippen LogP contribution < -0.4 is 11.1 Å². The van der Waals surface area contributed by atoms with E-state index in [9.17, 15) is 9.59 Å². The minimum Gasteiger partial charge on any atom is -0.452 e. The summed E-state index contributed by atoms with van der Waals surface area (Å²) in [6.45, 7) is 3.55. The summed E-state index contributed by atoms with van der Waals surface area (Å²) in [5.74, 6) is -0.903. The van der Waals surface area contributed by atoms with Crippen molar-refractivity contribution in [2.45, 2.75) is 26.3 Å². The van der Waals surface area contributed by atoms with E-state index in [1.807, 2.05) is 13.8 Å². The highest BCUT2D eigenvalue weighted by atomic mass is 16.5. The third kappa shape index (κ3) is 4.08. The van der Waals surface area contributed by atoms with Crippen molar-refractivity contribution in [2.75, 3.05) is 12.3 Å². The molecule has 1 unspecified atom stereocenters. The number of ether oxygens (including phenoxy) is 1. The van der Waals surface area contributed by atoms with Crippen LogP contribution >= 0.6 is 0 Å². The van der Waals surface area contributed by atoms with Crippen LogP contribution in [0.1, 0.15) is 30.6 Å². The Balaban J connectivity index is 2.47. The third-order valence-electron chi connectivity index (χ3n) is 2.53. The highest BCUT2D eigenvalue weighted by molar-refractivity contribution is 5.96. The van der Waals surface area contributed by atoms with E-state index in [-0.39, 0.29) is 24.1 Å². The lowest BCUT2D eigenvalue weighted by Crippen LogP contribution is -2.35. The molecule has 98 valence electrons. The van der Waals surface area contributed by atoms with Gasteiger partial charge in [0.2, 0.25) is 0 Å². The number of nitrogens with one attached hydrogen (secondary N) is 1. The molecule has 0 saturated carbocycles. The highest BCUT2D eigenvalue weighted by Crippen LogP contribution is 2.11. The Kier molecular flexibility index (Phi) is 5.17. The average molecular weight is 250 g/mol. The number of carbonyl (C=O) groups excluding carboxylic acids is 2. The zero-order valence-corrected chi connectivity index (χ0v) is 10.6. The molecule has 0 aliphatic rings. The van der Waals surface area contributed by atoms with Gasteiger partial charge in [-0.05, 0) is 25.5 Å². The predicted octanol–water partition coefficient (Wildman–Crippen LogP) is 1.34. The summed E-state index contributed by atoms with van der Waals surface area (Å²) in [5, 5.41) is 2.70. The molecule has 5 heteroatoms. The molecule has 0 fully saturated rings. The molecule has 0 spiro atoms. The van der Waals surface area contributed by atoms with Crippen molar-refractivity contribution in [3.63, 3.8) is 0 Å². The van der Waals surface area contributed by atoms with Crippen LogP contribution in [-0.2, 0) is 9.53 Å². The van der Waals surface area contributed by atoms with E-state index in [4.69, 9.17) is 10.5 Å². The number of nitrogens with two attached hydrogens (primary N) is 1. The smallest absolute Gasteiger partial charge is 0.340 e. The topological polar surface area (TPSA) is 81.4 Å². The lowest BCUT2D eigenvalue weighted by atomic mass is 10.2. The van der Waals surface area contributed by atoms with Gasteiger partial charge in [-0.3, -0.25) is 4.79 Å². The van der Waals surface area contributed by atoms with E-state index in [2.05, 4.69) is 5.32 Å². The largest absolute Gasteiger partial charge is 0.452 e. The van der Waals surface area contributed by atoms with Gasteiger partial charge in [-0.15, -0.1) is 0 Å². The summed E-state index contributed by atoms with van der Waals surface area (Å²) in [5.41, 5.74) is 6.24. The fourth-order valence-corrected chi connectivity index (χ4v) is 1.31. The maximum atomic E-state index is 11.6. The van der Waals surface area contributed by atoms with Gasteiger partial charge in [0.1, 0.15) is 0 Å². The number of anilines is 1. The number of nitrogen functional groups attached to an aromatic ring is 1. The van der Waals surface area contributed by atoms with Crippen LogP contribution in [0, 0.1) is 0 Å². The van der Waals surface area contributed by atoms with Crippen LogP contribution in [0.4, 0.5) is 5.69 Å². The second kappa shape index (κ2) is 6.64. The van der Waals surface area contributed by atoms with Crippen LogP contribution in [0.2, 0.25) is 0 Å². The second-order valence-electron chi connectivity index (χ2n) is 4.04. The molecule has 0 saturated heterocycles. The van der Waals surface area contributed by atoms with Crippen LogP contribution in [0.5, 0.6) is 0 Å². The van der Waals surface area contributed by atoms with E-state index in [0.717, 1.165) is 6.42 Å². The number of para-hydroxylation sites is 1. The number of carbonyl (C=O) groups is 2. The first-order valence-electron chi connectivity index (χ1n) is 5.85. The monoisotopic (exact) mass is 250 g/mol. The second-order valence-corrected chi connectivity index (χ2v) is 4.04. The van der Waals surface area contributed by atoms with Gasteiger partial charge in [-0.2, -0.15) is 0 Å². The zero-order chi connectivity index (χ0) is 13.5. The van der Waals surface area contributed by atoms with Gasteiger partial charge in [-0.1, -0.05) is 19.1 Å². The van der Waals surface area contributed by atoms with Crippen molar-refractivity contribution in [1.29, 1.82) is 0 Å². The van der Waals surface area contributed by atoms with E-state index in [0.29, 0.717) is 5.69 Å². The maximum Gasteiger partial charge on any atom is 0.340 e. The predicted molar refractivity (Wildman–Crippen MR) is 69.0 cm³/mol. The molecular weight excluding hydrogens is 232 g/mol. The lowest BCUT2D eigenvalue weighted by Gasteiger charge is -2.11. The van der Waals surface area contributed by atoms with E-state index >= 15 is 0 Å². The molecule has 1 amide bonds. The first-order valence-corrected chi connectivity index (χ1v) is 5.85. The van der Waals surface area contributed by atoms with Crippen molar-refractivity contribution < 1.29 is 14.3 Å². The molecule has 3 N–H and O–H groups in total. The van der Waals surface area contributed by atoms with Crippen LogP contribution in [0.3, 0.4) is 0 Å². The summed E-state index contributed by atoms with van der Waals surface area (Å²) < 4.78 is 4.89. The van der Waals surface area contributed by atoms with Crippen molar-refractivity contribution in [1.82, 2.24) is 5.32 Å². The Morgan fingerprint density at radius 1 is 1.39 bits per heavy atom. The van der Waals surface area contributed by atoms with Gasteiger partial charge in [0.15, 0.2) is 6.61 Å². The molecule has 5 nitrogen and oxygen atoms in total. The van der Waals surface area contributed by atoms with Gasteiger partial charge in [-0.25, -0.2) is 4.79 Å². The Morgan fingerprint density at radius 3 is 2.67 bits per heavy atom. The van der Waals surface area contributed by atoms with Crippen LogP contribution in [0.15, 0.2) is 24.3 Å². The SMILES string of the molecule is CCC(C)NC(=O)COC(=O)c1ccccc1N. The molecule has 1 atom stereocenters. The van der Waals surface area contributed by atoms with Gasteiger partial charge in [0.05, 0.1) is 5.56 Å². The van der Waals surface area contributed by atoms with Crippen molar-refractivity contribution in [3.05, 3.63) is 29.8 Å². The molecule has 0 aliphatic heterocycles. The number of amides is 1. The molecular formula is C13H18N2O3. The molecule has 0 radical (unpaired) electrons. The molecule has 0 aromatic heterocycles. The summed E-state index contributed by atoms with van der Waals surface area (Å²) >= 11 is 0. The Hall–Kier alpha value is -2.04. The Bertz CT molecular complexity index is 432. The molecule has 0 bridgehead atoms. The standard InChI is InChI=1S/C13H18N2O3/c1-3-9(2)15-12(16)8-18-13(17)10-6-4-5-7-11(10)14/h4-7,9H,3,8,14H2,1-2H3,(H,15,16). The number of benzene rings is 1. The van der Waals surface area contributed by atoms with Crippen molar-refractivity contribution >= 4 is 17.6 Å². The fourth-order valence-electron chi connectivity index (χ4n) is 1.31. The lowest BCUT2D eigenvalue weighted by molar-refractivity contribution is -0.124. The van der Waals surface area contributed by atoms with Gasteiger partial charge in [0.25, 0.3) is 5.91 Å². The molecule has 1 aromatic carbocycles. The Morgan fingerprint density at radius 2 is 2.06 bits per heavy atom. The zero-order valence-electron chi connectivity index (χ0n) is 10.6. The number of hydrogen-bond donors (Lipinski definition) is 2. The Labute approximate surface area is 106 Å². The van der Waals surface area contributed by atoms with Gasteiger partial charge < -0.3 is 15.8 Å². The average Bonchev–Trinajstić information content (AvgIpc) is 2.36. The minimum atomic E-state index is -0.590. The highest BCUT2D eigenvalue weighted by Gasteiger charge is 2.13. The van der Waals surface area contributed by atoms with Gasteiger partial charge in [0, 0.05) is 11.7 Å². The fraction of sp³-hybridized carbons (Fsp3) is 0.385. The van der Waals surface area contributed by atoms with Crippen molar-refractivity contribution in [2.24, 2.45) is 0 Å². The molecule has 0 aliphatic carbocycles. The van der Waals surface area contributed by atoms with Crippen LogP contribution in [-0.4, -0.2) is 24.5 Å². The first-order chi connectivity index (χ1) is 8.54. The number of hydrogen-bond acceptors (Lipinski definition) is 4. The first kappa shape index (κ1) is 14.0. The summed E-state index contributed by atoms with van der Waals surface area (Å²) in [6, 6.07) is 6.64. The number of rotatable bonds is 5. The normalized spacial score (nSPS) is 11.7. The molecule has 0 heterocycles.